The molecule has 0 fully saturated rings. The third kappa shape index (κ3) is 4.94. The molecule has 1 aromatic rings. The van der Waals surface area contributed by atoms with Crippen molar-refractivity contribution in [2.24, 2.45) is 0 Å². The van der Waals surface area contributed by atoms with E-state index in [1.807, 2.05) is 6.92 Å². The van der Waals surface area contributed by atoms with Crippen molar-refractivity contribution in [3.05, 3.63) is 42.5 Å². The Kier molecular flexibility index (Phi) is 7.67. The number of sulfonamides is 1. The number of benzene rings is 1. The van der Waals surface area contributed by atoms with E-state index in [-0.39, 0.29) is 10.8 Å². The number of hydrogen-bond acceptors (Lipinski definition) is 4. The van der Waals surface area contributed by atoms with Crippen LogP contribution in [0.25, 0.3) is 0 Å². The Hall–Kier alpha value is -2.12. The van der Waals surface area contributed by atoms with Crippen LogP contribution in [-0.2, 0) is 14.8 Å². The van der Waals surface area contributed by atoms with Crippen LogP contribution in [0, 0.1) is 0 Å². The fraction of sp³-hybridized carbons (Fsp3) is 0.353. The van der Waals surface area contributed by atoms with Gasteiger partial charge in [-0.05, 0) is 25.1 Å². The highest BCUT2D eigenvalue weighted by molar-refractivity contribution is 7.89. The second kappa shape index (κ2) is 9.24. The number of carbonyl (C=O) groups excluding carboxylic acids is 1. The van der Waals surface area contributed by atoms with E-state index in [9.17, 15) is 13.2 Å². The maximum Gasteiger partial charge on any atom is 0.248 e. The van der Waals surface area contributed by atoms with Gasteiger partial charge >= 0.3 is 0 Å². The van der Waals surface area contributed by atoms with Crippen molar-refractivity contribution in [2.75, 3.05) is 25.5 Å². The molecule has 0 aliphatic carbocycles. The fourth-order valence-corrected chi connectivity index (χ4v) is 3.57. The Balaban J connectivity index is 3.19. The second-order valence-corrected chi connectivity index (χ2v) is 6.76. The Bertz CT molecular complexity index is 720. The largest absolute Gasteiger partial charge is 0.495 e. The molecule has 6 nitrogen and oxygen atoms in total. The molecule has 0 saturated heterocycles. The molecule has 0 aromatic heterocycles. The minimum Gasteiger partial charge on any atom is -0.495 e. The van der Waals surface area contributed by atoms with Crippen LogP contribution >= 0.6 is 0 Å². The lowest BCUT2D eigenvalue weighted by Crippen LogP contribution is -2.30. The summed E-state index contributed by atoms with van der Waals surface area (Å²) in [4.78, 5) is 12.0. The van der Waals surface area contributed by atoms with Gasteiger partial charge in [-0.25, -0.2) is 8.42 Å². The van der Waals surface area contributed by atoms with Crippen LogP contribution < -0.4 is 10.1 Å². The van der Waals surface area contributed by atoms with E-state index in [0.717, 1.165) is 0 Å². The Morgan fingerprint density at radius 2 is 1.92 bits per heavy atom. The van der Waals surface area contributed by atoms with Gasteiger partial charge in [0.25, 0.3) is 0 Å². The zero-order chi connectivity index (χ0) is 18.2. The first kappa shape index (κ1) is 19.9. The quantitative estimate of drug-likeness (QED) is 0.576. The molecule has 0 unspecified atom stereocenters. The van der Waals surface area contributed by atoms with E-state index in [1.54, 1.807) is 32.1 Å². The molecule has 0 aliphatic rings. The van der Waals surface area contributed by atoms with Gasteiger partial charge in [-0.2, -0.15) is 4.31 Å². The van der Waals surface area contributed by atoms with Crippen molar-refractivity contribution in [2.45, 2.75) is 25.7 Å². The van der Waals surface area contributed by atoms with Crippen LogP contribution in [0.1, 0.15) is 20.8 Å². The first-order valence-corrected chi connectivity index (χ1v) is 9.13. The Labute approximate surface area is 143 Å². The average molecular weight is 352 g/mol. The highest BCUT2D eigenvalue weighted by Gasteiger charge is 2.23. The van der Waals surface area contributed by atoms with Crippen LogP contribution in [-0.4, -0.2) is 38.8 Å². The van der Waals surface area contributed by atoms with Crippen molar-refractivity contribution in [1.82, 2.24) is 4.31 Å². The summed E-state index contributed by atoms with van der Waals surface area (Å²) < 4.78 is 31.7. The van der Waals surface area contributed by atoms with Crippen molar-refractivity contribution < 1.29 is 17.9 Å². The summed E-state index contributed by atoms with van der Waals surface area (Å²) in [5, 5.41) is 2.64. The SMILES string of the molecule is C/C=C/C=C/C(=O)Nc1cc(S(=O)(=O)N(CC)CC)ccc1OC. The van der Waals surface area contributed by atoms with E-state index < -0.39 is 10.0 Å². The number of ether oxygens (including phenoxy) is 1. The summed E-state index contributed by atoms with van der Waals surface area (Å²) in [5.41, 5.74) is 0.306. The van der Waals surface area contributed by atoms with E-state index in [4.69, 9.17) is 4.74 Å². The number of allylic oxidation sites excluding steroid dienone is 3. The van der Waals surface area contributed by atoms with Crippen LogP contribution in [0.15, 0.2) is 47.4 Å². The maximum absolute atomic E-state index is 12.6. The highest BCUT2D eigenvalue weighted by Crippen LogP contribution is 2.29. The van der Waals surface area contributed by atoms with E-state index in [2.05, 4.69) is 5.32 Å². The number of nitrogens with zero attached hydrogens (tertiary/aromatic N) is 1. The second-order valence-electron chi connectivity index (χ2n) is 4.83. The van der Waals surface area contributed by atoms with Gasteiger partial charge in [0.15, 0.2) is 0 Å². The van der Waals surface area contributed by atoms with Crippen molar-refractivity contribution in [1.29, 1.82) is 0 Å². The van der Waals surface area contributed by atoms with Crippen molar-refractivity contribution in [3.63, 3.8) is 0 Å². The molecule has 1 rings (SSSR count). The predicted octanol–water partition coefficient (Wildman–Crippen LogP) is 2.80. The van der Waals surface area contributed by atoms with Gasteiger partial charge in [-0.3, -0.25) is 4.79 Å². The number of carbonyl (C=O) groups is 1. The molecule has 0 saturated carbocycles. The highest BCUT2D eigenvalue weighted by atomic mass is 32.2. The van der Waals surface area contributed by atoms with Crippen LogP contribution in [0.4, 0.5) is 5.69 Å². The first-order valence-electron chi connectivity index (χ1n) is 7.69. The monoisotopic (exact) mass is 352 g/mol. The number of methoxy groups -OCH3 is 1. The van der Waals surface area contributed by atoms with Gasteiger partial charge in [0, 0.05) is 19.2 Å². The summed E-state index contributed by atoms with van der Waals surface area (Å²) in [7, 11) is -2.15. The third-order valence-corrected chi connectivity index (χ3v) is 5.37. The lowest BCUT2D eigenvalue weighted by atomic mass is 10.3. The molecule has 1 aromatic carbocycles. The third-order valence-electron chi connectivity index (χ3n) is 3.32. The summed E-state index contributed by atoms with van der Waals surface area (Å²) in [5.74, 6) is 0.0186. The topological polar surface area (TPSA) is 75.7 Å². The minimum absolute atomic E-state index is 0.111. The molecule has 0 aliphatic heterocycles. The van der Waals surface area contributed by atoms with Crippen LogP contribution in [0.3, 0.4) is 0 Å². The maximum atomic E-state index is 12.6. The normalized spacial score (nSPS) is 12.2. The van der Waals surface area contributed by atoms with Gasteiger partial charge in [0.2, 0.25) is 15.9 Å². The van der Waals surface area contributed by atoms with E-state index in [1.165, 1.54) is 35.7 Å². The smallest absolute Gasteiger partial charge is 0.248 e. The van der Waals surface area contributed by atoms with Crippen LogP contribution in [0.5, 0.6) is 5.75 Å². The molecule has 0 radical (unpaired) electrons. The minimum atomic E-state index is -3.61. The standard InChI is InChI=1S/C17H24N2O4S/c1-5-8-9-10-17(20)18-15-13-14(11-12-16(15)23-4)24(21,22)19(6-2)7-3/h5,8-13H,6-7H2,1-4H3,(H,18,20)/b8-5+,10-9+. The van der Waals surface area contributed by atoms with E-state index >= 15 is 0 Å². The molecule has 7 heteroatoms. The summed E-state index contributed by atoms with van der Waals surface area (Å²) in [6.45, 7) is 6.14. The van der Waals surface area contributed by atoms with Gasteiger partial charge in [-0.1, -0.05) is 32.1 Å². The zero-order valence-corrected chi connectivity index (χ0v) is 15.3. The number of anilines is 1. The number of nitrogens with one attached hydrogen (secondary N) is 1. The first-order chi connectivity index (χ1) is 11.4. The lowest BCUT2D eigenvalue weighted by molar-refractivity contribution is -0.111. The Morgan fingerprint density at radius 1 is 1.25 bits per heavy atom. The molecule has 0 heterocycles. The molecule has 0 spiro atoms. The Morgan fingerprint density at radius 3 is 2.46 bits per heavy atom. The zero-order valence-electron chi connectivity index (χ0n) is 14.4. The molecule has 24 heavy (non-hydrogen) atoms. The lowest BCUT2D eigenvalue weighted by Gasteiger charge is -2.19. The predicted molar refractivity (Wildman–Crippen MR) is 95.7 cm³/mol. The molecule has 0 atom stereocenters. The fourth-order valence-electron chi connectivity index (χ4n) is 2.09. The van der Waals surface area contributed by atoms with Gasteiger partial charge in [-0.15, -0.1) is 0 Å². The summed E-state index contributed by atoms with van der Waals surface area (Å²) >= 11 is 0. The van der Waals surface area contributed by atoms with Gasteiger partial charge < -0.3 is 10.1 Å². The number of amides is 1. The number of rotatable bonds is 8. The van der Waals surface area contributed by atoms with Crippen molar-refractivity contribution in [3.8, 4) is 5.75 Å². The summed E-state index contributed by atoms with van der Waals surface area (Å²) in [6.07, 6.45) is 6.46. The molecule has 1 N–H and O–H groups in total. The molecular weight excluding hydrogens is 328 g/mol. The van der Waals surface area contributed by atoms with Gasteiger partial charge in [0.1, 0.15) is 5.75 Å². The summed E-state index contributed by atoms with van der Waals surface area (Å²) in [6, 6.07) is 4.41. The molecule has 1 amide bonds. The van der Waals surface area contributed by atoms with Gasteiger partial charge in [0.05, 0.1) is 17.7 Å². The molecular formula is C17H24N2O4S. The number of hydrogen-bond donors (Lipinski definition) is 1. The van der Waals surface area contributed by atoms with Crippen molar-refractivity contribution >= 4 is 21.6 Å². The van der Waals surface area contributed by atoms with Crippen LogP contribution in [0.2, 0.25) is 0 Å². The van der Waals surface area contributed by atoms with E-state index in [0.29, 0.717) is 24.5 Å². The average Bonchev–Trinajstić information content (AvgIpc) is 2.55. The molecule has 0 bridgehead atoms. The molecule has 132 valence electrons.